The van der Waals surface area contributed by atoms with Gasteiger partial charge in [-0.1, -0.05) is 48.0 Å². The summed E-state index contributed by atoms with van der Waals surface area (Å²) in [7, 11) is 0. The number of carbonyl (C=O) groups excluding carboxylic acids is 1. The van der Waals surface area contributed by atoms with E-state index in [4.69, 9.17) is 25.8 Å². The van der Waals surface area contributed by atoms with Crippen molar-refractivity contribution in [2.75, 3.05) is 6.79 Å². The smallest absolute Gasteiger partial charge is 0.347 e. The number of halogens is 1. The molecule has 0 N–H and O–H groups in total. The van der Waals surface area contributed by atoms with E-state index >= 15 is 0 Å². The summed E-state index contributed by atoms with van der Waals surface area (Å²) in [5.74, 6) is 0.935. The molecule has 3 rings (SSSR count). The lowest BCUT2D eigenvalue weighted by molar-refractivity contribution is 0.0719. The van der Waals surface area contributed by atoms with Crippen LogP contribution in [0.15, 0.2) is 78.9 Å². The predicted octanol–water partition coefficient (Wildman–Crippen LogP) is 4.97. The Bertz CT molecular complexity index is 849. The Morgan fingerprint density at radius 3 is 2.32 bits per heavy atom. The Kier molecular flexibility index (Phi) is 5.54. The second-order valence-corrected chi connectivity index (χ2v) is 5.50. The van der Waals surface area contributed by atoms with Crippen LogP contribution in [0.2, 0.25) is 5.02 Å². The van der Waals surface area contributed by atoms with Crippen LogP contribution in [0.3, 0.4) is 0 Å². The lowest BCUT2D eigenvalue weighted by Crippen LogP contribution is -2.13. The number of esters is 1. The standard InChI is InChI=1S/C20H15ClO4/c21-15-7-6-10-17(13-15)23-14-24-19-12-5-4-11-18(19)20(22)25-16-8-2-1-3-9-16/h1-13H,14H2. The Morgan fingerprint density at radius 2 is 1.52 bits per heavy atom. The van der Waals surface area contributed by atoms with Gasteiger partial charge in [0, 0.05) is 5.02 Å². The number of rotatable bonds is 6. The molecular formula is C20H15ClO4. The lowest BCUT2D eigenvalue weighted by Gasteiger charge is -2.12. The third-order valence-corrected chi connectivity index (χ3v) is 3.53. The molecule has 0 aliphatic carbocycles. The topological polar surface area (TPSA) is 44.8 Å². The van der Waals surface area contributed by atoms with Crippen LogP contribution < -0.4 is 14.2 Å². The molecule has 0 bridgehead atoms. The summed E-state index contributed by atoms with van der Waals surface area (Å²) < 4.78 is 16.4. The highest BCUT2D eigenvalue weighted by atomic mass is 35.5. The van der Waals surface area contributed by atoms with Gasteiger partial charge >= 0.3 is 5.97 Å². The average Bonchev–Trinajstić information content (AvgIpc) is 2.63. The van der Waals surface area contributed by atoms with Crippen LogP contribution in [0.25, 0.3) is 0 Å². The van der Waals surface area contributed by atoms with Gasteiger partial charge in [0.15, 0.2) is 0 Å². The van der Waals surface area contributed by atoms with E-state index < -0.39 is 5.97 Å². The molecule has 0 atom stereocenters. The van der Waals surface area contributed by atoms with Crippen molar-refractivity contribution >= 4 is 17.6 Å². The van der Waals surface area contributed by atoms with Gasteiger partial charge in [0.25, 0.3) is 0 Å². The zero-order valence-electron chi connectivity index (χ0n) is 13.2. The average molecular weight is 355 g/mol. The van der Waals surface area contributed by atoms with Crippen molar-refractivity contribution < 1.29 is 19.0 Å². The van der Waals surface area contributed by atoms with E-state index in [0.29, 0.717) is 27.8 Å². The van der Waals surface area contributed by atoms with Crippen molar-refractivity contribution in [1.82, 2.24) is 0 Å². The van der Waals surface area contributed by atoms with Gasteiger partial charge in [-0.15, -0.1) is 0 Å². The van der Waals surface area contributed by atoms with Crippen molar-refractivity contribution in [2.24, 2.45) is 0 Å². The molecule has 0 saturated heterocycles. The summed E-state index contributed by atoms with van der Waals surface area (Å²) in [5.41, 5.74) is 0.320. The molecule has 0 amide bonds. The highest BCUT2D eigenvalue weighted by molar-refractivity contribution is 6.30. The minimum absolute atomic E-state index is 0.0596. The fourth-order valence-electron chi connectivity index (χ4n) is 2.13. The summed E-state index contributed by atoms with van der Waals surface area (Å²) in [6, 6.07) is 22.7. The molecule has 0 spiro atoms. The maximum absolute atomic E-state index is 12.4. The monoisotopic (exact) mass is 354 g/mol. The molecule has 0 saturated carbocycles. The highest BCUT2D eigenvalue weighted by Gasteiger charge is 2.14. The molecule has 0 heterocycles. The van der Waals surface area contributed by atoms with E-state index in [1.807, 2.05) is 6.07 Å². The van der Waals surface area contributed by atoms with Gasteiger partial charge in [-0.2, -0.15) is 0 Å². The highest BCUT2D eigenvalue weighted by Crippen LogP contribution is 2.22. The van der Waals surface area contributed by atoms with Crippen LogP contribution in [0.4, 0.5) is 0 Å². The van der Waals surface area contributed by atoms with E-state index in [0.717, 1.165) is 0 Å². The van der Waals surface area contributed by atoms with E-state index in [-0.39, 0.29) is 6.79 Å². The van der Waals surface area contributed by atoms with Gasteiger partial charge in [-0.3, -0.25) is 0 Å². The number of benzene rings is 3. The van der Waals surface area contributed by atoms with Crippen LogP contribution in [0, 0.1) is 0 Å². The predicted molar refractivity (Wildman–Crippen MR) is 95.4 cm³/mol. The second-order valence-electron chi connectivity index (χ2n) is 5.06. The number of ether oxygens (including phenoxy) is 3. The molecule has 126 valence electrons. The molecule has 4 nitrogen and oxygen atoms in total. The molecule has 0 fully saturated rings. The summed E-state index contributed by atoms with van der Waals surface area (Å²) in [6.45, 7) is -0.0596. The Hall–Kier alpha value is -2.98. The van der Waals surface area contributed by atoms with E-state index in [1.54, 1.807) is 72.8 Å². The van der Waals surface area contributed by atoms with Crippen LogP contribution in [0.5, 0.6) is 17.2 Å². The molecule has 3 aromatic rings. The molecule has 0 aliphatic heterocycles. The van der Waals surface area contributed by atoms with Crippen LogP contribution in [-0.2, 0) is 0 Å². The number of hydrogen-bond donors (Lipinski definition) is 0. The molecule has 5 heteroatoms. The normalized spacial score (nSPS) is 10.1. The van der Waals surface area contributed by atoms with Gasteiger partial charge in [0.1, 0.15) is 22.8 Å². The van der Waals surface area contributed by atoms with Gasteiger partial charge in [0.2, 0.25) is 6.79 Å². The number of carbonyl (C=O) groups is 1. The quantitative estimate of drug-likeness (QED) is 0.356. The summed E-state index contributed by atoms with van der Waals surface area (Å²) in [4.78, 5) is 12.4. The van der Waals surface area contributed by atoms with Gasteiger partial charge in [-0.05, 0) is 42.5 Å². The van der Waals surface area contributed by atoms with E-state index in [2.05, 4.69) is 0 Å². The first-order valence-electron chi connectivity index (χ1n) is 7.60. The molecule has 0 radical (unpaired) electrons. The van der Waals surface area contributed by atoms with Crippen molar-refractivity contribution in [1.29, 1.82) is 0 Å². The fourth-order valence-corrected chi connectivity index (χ4v) is 2.31. The lowest BCUT2D eigenvalue weighted by atomic mass is 10.2. The first kappa shape index (κ1) is 16.9. The summed E-state index contributed by atoms with van der Waals surface area (Å²) in [6.07, 6.45) is 0. The number of hydrogen-bond acceptors (Lipinski definition) is 4. The fraction of sp³-hybridized carbons (Fsp3) is 0.0500. The van der Waals surface area contributed by atoms with Crippen molar-refractivity contribution in [2.45, 2.75) is 0 Å². The van der Waals surface area contributed by atoms with Gasteiger partial charge < -0.3 is 14.2 Å². The minimum Gasteiger partial charge on any atom is -0.457 e. The van der Waals surface area contributed by atoms with E-state index in [1.165, 1.54) is 0 Å². The van der Waals surface area contributed by atoms with Crippen LogP contribution in [0.1, 0.15) is 10.4 Å². The Morgan fingerprint density at radius 1 is 0.800 bits per heavy atom. The SMILES string of the molecule is O=C(Oc1ccccc1)c1ccccc1OCOc1cccc(Cl)c1. The largest absolute Gasteiger partial charge is 0.457 e. The third kappa shape index (κ3) is 4.75. The third-order valence-electron chi connectivity index (χ3n) is 3.30. The van der Waals surface area contributed by atoms with Crippen molar-refractivity contribution in [3.8, 4) is 17.2 Å². The summed E-state index contributed by atoms with van der Waals surface area (Å²) >= 11 is 5.90. The number of para-hydroxylation sites is 2. The molecule has 0 aliphatic rings. The van der Waals surface area contributed by atoms with Gasteiger partial charge in [0.05, 0.1) is 0 Å². The molecule has 0 unspecified atom stereocenters. The maximum Gasteiger partial charge on any atom is 0.347 e. The Balaban J connectivity index is 1.65. The summed E-state index contributed by atoms with van der Waals surface area (Å²) in [5, 5.41) is 0.573. The van der Waals surface area contributed by atoms with Crippen molar-refractivity contribution in [3.63, 3.8) is 0 Å². The van der Waals surface area contributed by atoms with Crippen LogP contribution >= 0.6 is 11.6 Å². The molecule has 0 aromatic heterocycles. The molecular weight excluding hydrogens is 340 g/mol. The molecule has 25 heavy (non-hydrogen) atoms. The molecule has 3 aromatic carbocycles. The second kappa shape index (κ2) is 8.22. The Labute approximate surface area is 150 Å². The van der Waals surface area contributed by atoms with Gasteiger partial charge in [-0.25, -0.2) is 4.79 Å². The zero-order chi connectivity index (χ0) is 17.5. The van der Waals surface area contributed by atoms with Crippen LogP contribution in [-0.4, -0.2) is 12.8 Å². The minimum atomic E-state index is -0.496. The van der Waals surface area contributed by atoms with Crippen molar-refractivity contribution in [3.05, 3.63) is 89.4 Å². The zero-order valence-corrected chi connectivity index (χ0v) is 14.0. The first-order chi connectivity index (χ1) is 12.2. The maximum atomic E-state index is 12.4. The van der Waals surface area contributed by atoms with E-state index in [9.17, 15) is 4.79 Å². The first-order valence-corrected chi connectivity index (χ1v) is 7.97.